The van der Waals surface area contributed by atoms with Gasteiger partial charge in [0.2, 0.25) is 0 Å². The molecule has 21 heavy (non-hydrogen) atoms. The first-order valence-corrected chi connectivity index (χ1v) is 7.08. The van der Waals surface area contributed by atoms with Gasteiger partial charge in [-0.05, 0) is 29.8 Å². The molecule has 0 saturated heterocycles. The second-order valence-corrected chi connectivity index (χ2v) is 5.26. The van der Waals surface area contributed by atoms with E-state index in [-0.39, 0.29) is 5.56 Å². The summed E-state index contributed by atoms with van der Waals surface area (Å²) in [6.07, 6.45) is 1.85. The van der Waals surface area contributed by atoms with Crippen LogP contribution in [0, 0.1) is 5.82 Å². The largest absolute Gasteiger partial charge is 0.478 e. The molecule has 2 aromatic heterocycles. The van der Waals surface area contributed by atoms with Gasteiger partial charge in [0.25, 0.3) is 0 Å². The third kappa shape index (κ3) is 2.73. The molecule has 0 unspecified atom stereocenters. The number of nitrogens with zero attached hydrogens (tertiary/aromatic N) is 3. The van der Waals surface area contributed by atoms with E-state index in [1.807, 2.05) is 28.8 Å². The number of benzene rings is 1. The van der Waals surface area contributed by atoms with Crippen molar-refractivity contribution >= 4 is 23.4 Å². The average Bonchev–Trinajstić information content (AvgIpc) is 2.88. The number of thioether (sulfide) groups is 1. The van der Waals surface area contributed by atoms with Crippen LogP contribution in [0.5, 0.6) is 0 Å². The maximum absolute atomic E-state index is 13.6. The van der Waals surface area contributed by atoms with E-state index in [9.17, 15) is 9.18 Å². The highest BCUT2D eigenvalue weighted by Gasteiger charge is 2.11. The number of rotatable bonds is 4. The lowest BCUT2D eigenvalue weighted by Crippen LogP contribution is -2.00. The number of pyridine rings is 1. The summed E-state index contributed by atoms with van der Waals surface area (Å²) in [7, 11) is 0. The molecular weight excluding hydrogens is 293 g/mol. The highest BCUT2D eigenvalue weighted by Crippen LogP contribution is 2.22. The summed E-state index contributed by atoms with van der Waals surface area (Å²) in [6, 6.07) is 9.70. The molecule has 0 aliphatic heterocycles. The Labute approximate surface area is 123 Å². The van der Waals surface area contributed by atoms with Crippen LogP contribution in [0.2, 0.25) is 0 Å². The molecule has 0 fully saturated rings. The van der Waals surface area contributed by atoms with Crippen LogP contribution < -0.4 is 0 Å². The van der Waals surface area contributed by atoms with Crippen LogP contribution in [0.3, 0.4) is 0 Å². The van der Waals surface area contributed by atoms with Gasteiger partial charge in [-0.15, -0.1) is 10.2 Å². The van der Waals surface area contributed by atoms with Gasteiger partial charge in [-0.1, -0.05) is 23.9 Å². The summed E-state index contributed by atoms with van der Waals surface area (Å²) in [5.74, 6) is -1.52. The molecular formula is C14H10FN3O2S. The molecule has 106 valence electrons. The lowest BCUT2D eigenvalue weighted by atomic mass is 10.1. The second-order valence-electron chi connectivity index (χ2n) is 4.32. The monoisotopic (exact) mass is 303 g/mol. The number of fused-ring (bicyclic) bond motifs is 1. The van der Waals surface area contributed by atoms with Crippen LogP contribution in [-0.4, -0.2) is 25.7 Å². The molecule has 1 N–H and O–H groups in total. The molecule has 2 heterocycles. The fourth-order valence-electron chi connectivity index (χ4n) is 1.89. The zero-order valence-electron chi connectivity index (χ0n) is 10.7. The van der Waals surface area contributed by atoms with Crippen molar-refractivity contribution in [2.75, 3.05) is 0 Å². The van der Waals surface area contributed by atoms with Gasteiger partial charge in [-0.25, -0.2) is 9.18 Å². The number of aromatic nitrogens is 3. The number of carbonyl (C=O) groups is 1. The fourth-order valence-corrected chi connectivity index (χ4v) is 2.75. The Morgan fingerprint density at radius 1 is 1.29 bits per heavy atom. The Hall–Kier alpha value is -2.41. The zero-order valence-corrected chi connectivity index (χ0v) is 11.5. The minimum absolute atomic E-state index is 0.323. The smallest absolute Gasteiger partial charge is 0.338 e. The molecule has 0 bridgehead atoms. The Morgan fingerprint density at radius 3 is 2.90 bits per heavy atom. The zero-order chi connectivity index (χ0) is 14.8. The minimum atomic E-state index is -1.27. The number of carboxylic acids is 1. The van der Waals surface area contributed by atoms with E-state index in [2.05, 4.69) is 10.2 Å². The number of carboxylic acid groups (broad SMARTS) is 1. The van der Waals surface area contributed by atoms with Gasteiger partial charge in [0.15, 0.2) is 10.8 Å². The third-order valence-corrected chi connectivity index (χ3v) is 3.93. The summed E-state index contributed by atoms with van der Waals surface area (Å²) in [4.78, 5) is 10.8. The fraction of sp³-hybridized carbons (Fsp3) is 0.0714. The van der Waals surface area contributed by atoms with Crippen molar-refractivity contribution in [1.82, 2.24) is 14.6 Å². The Morgan fingerprint density at radius 2 is 2.14 bits per heavy atom. The molecule has 5 nitrogen and oxygen atoms in total. The van der Waals surface area contributed by atoms with Crippen LogP contribution in [0.25, 0.3) is 5.65 Å². The van der Waals surface area contributed by atoms with Crippen molar-refractivity contribution in [3.05, 3.63) is 59.5 Å². The van der Waals surface area contributed by atoms with Crippen molar-refractivity contribution in [2.24, 2.45) is 0 Å². The van der Waals surface area contributed by atoms with E-state index in [1.54, 1.807) is 6.07 Å². The molecule has 3 aromatic rings. The first-order valence-electron chi connectivity index (χ1n) is 6.09. The van der Waals surface area contributed by atoms with Crippen molar-refractivity contribution in [3.8, 4) is 0 Å². The van der Waals surface area contributed by atoms with Crippen LogP contribution in [0.4, 0.5) is 4.39 Å². The van der Waals surface area contributed by atoms with Crippen LogP contribution in [-0.2, 0) is 5.75 Å². The maximum atomic E-state index is 13.6. The van der Waals surface area contributed by atoms with Crippen LogP contribution >= 0.6 is 11.8 Å². The van der Waals surface area contributed by atoms with E-state index in [4.69, 9.17) is 5.11 Å². The highest BCUT2D eigenvalue weighted by atomic mass is 32.2. The predicted octanol–water partition coefficient (Wildman–Crippen LogP) is 2.86. The number of aromatic carboxylic acids is 1. The normalized spacial score (nSPS) is 10.9. The van der Waals surface area contributed by atoms with Gasteiger partial charge in [-0.2, -0.15) is 0 Å². The molecule has 0 atom stereocenters. The van der Waals surface area contributed by atoms with Crippen molar-refractivity contribution in [1.29, 1.82) is 0 Å². The van der Waals surface area contributed by atoms with Gasteiger partial charge >= 0.3 is 5.97 Å². The van der Waals surface area contributed by atoms with E-state index in [0.29, 0.717) is 16.5 Å². The number of halogens is 1. The first-order chi connectivity index (χ1) is 10.1. The topological polar surface area (TPSA) is 67.5 Å². The van der Waals surface area contributed by atoms with E-state index < -0.39 is 11.8 Å². The van der Waals surface area contributed by atoms with E-state index >= 15 is 0 Å². The van der Waals surface area contributed by atoms with Crippen molar-refractivity contribution < 1.29 is 14.3 Å². The summed E-state index contributed by atoms with van der Waals surface area (Å²) in [5, 5.41) is 17.6. The molecule has 0 spiro atoms. The molecule has 0 aliphatic rings. The van der Waals surface area contributed by atoms with Crippen molar-refractivity contribution in [2.45, 2.75) is 10.9 Å². The molecule has 7 heteroatoms. The van der Waals surface area contributed by atoms with E-state index in [1.165, 1.54) is 23.9 Å². The number of hydrogen-bond acceptors (Lipinski definition) is 4. The first kappa shape index (κ1) is 13.6. The summed E-state index contributed by atoms with van der Waals surface area (Å²) in [5.41, 5.74) is 1.11. The van der Waals surface area contributed by atoms with Gasteiger partial charge in [0.1, 0.15) is 5.82 Å². The van der Waals surface area contributed by atoms with Gasteiger partial charge in [0, 0.05) is 11.9 Å². The van der Waals surface area contributed by atoms with Crippen LogP contribution in [0.15, 0.2) is 47.8 Å². The van der Waals surface area contributed by atoms with Gasteiger partial charge in [-0.3, -0.25) is 4.40 Å². The molecule has 0 radical (unpaired) electrons. The lowest BCUT2D eigenvalue weighted by Gasteiger charge is -2.03. The molecule has 1 aromatic carbocycles. The maximum Gasteiger partial charge on any atom is 0.338 e. The molecule has 0 saturated carbocycles. The Balaban J connectivity index is 1.79. The molecule has 3 rings (SSSR count). The highest BCUT2D eigenvalue weighted by molar-refractivity contribution is 7.98. The SMILES string of the molecule is O=C(O)c1ccc(CSc2nnc3ccccn23)cc1F. The average molecular weight is 303 g/mol. The standard InChI is InChI=1S/C14H10FN3O2S/c15-11-7-9(4-5-10(11)13(19)20)8-21-14-17-16-12-3-1-2-6-18(12)14/h1-7H,8H2,(H,19,20). The number of hydrogen-bond donors (Lipinski definition) is 1. The molecule has 0 aliphatic carbocycles. The lowest BCUT2D eigenvalue weighted by molar-refractivity contribution is 0.0692. The quantitative estimate of drug-likeness (QED) is 0.751. The van der Waals surface area contributed by atoms with Crippen LogP contribution in [0.1, 0.15) is 15.9 Å². The van der Waals surface area contributed by atoms with Crippen molar-refractivity contribution in [3.63, 3.8) is 0 Å². The Bertz CT molecular complexity index is 819. The van der Waals surface area contributed by atoms with Gasteiger partial charge in [0.05, 0.1) is 5.56 Å². The minimum Gasteiger partial charge on any atom is -0.478 e. The molecule has 0 amide bonds. The third-order valence-electron chi connectivity index (χ3n) is 2.91. The van der Waals surface area contributed by atoms with Gasteiger partial charge < -0.3 is 5.11 Å². The summed E-state index contributed by atoms with van der Waals surface area (Å²) in [6.45, 7) is 0. The summed E-state index contributed by atoms with van der Waals surface area (Å²) < 4.78 is 15.4. The second kappa shape index (κ2) is 5.53. The van der Waals surface area contributed by atoms with E-state index in [0.717, 1.165) is 5.65 Å². The summed E-state index contributed by atoms with van der Waals surface area (Å²) >= 11 is 1.41. The Kier molecular flexibility index (Phi) is 3.57. The predicted molar refractivity (Wildman–Crippen MR) is 75.9 cm³/mol.